The van der Waals surface area contributed by atoms with Crippen molar-refractivity contribution in [3.63, 3.8) is 0 Å². The van der Waals surface area contributed by atoms with Gasteiger partial charge in [0.05, 0.1) is 12.0 Å². The van der Waals surface area contributed by atoms with Crippen molar-refractivity contribution in [1.29, 1.82) is 0 Å². The standard InChI is InChI=1S/C19H17N5O5/c1-28-17(25)12-29-15-9-7-14(8-10-15)22-19-20-11-16(24(26)27)18(23-19)21-13-5-3-2-4-6-13/h2-11H,12H2,1H3,(H2,20,21,22,23). The summed E-state index contributed by atoms with van der Waals surface area (Å²) in [4.78, 5) is 30.0. The summed E-state index contributed by atoms with van der Waals surface area (Å²) < 4.78 is 9.78. The van der Waals surface area contributed by atoms with Gasteiger partial charge in [0.25, 0.3) is 0 Å². The van der Waals surface area contributed by atoms with Crippen molar-refractivity contribution in [3.8, 4) is 5.75 Å². The summed E-state index contributed by atoms with van der Waals surface area (Å²) in [5.41, 5.74) is 1.05. The highest BCUT2D eigenvalue weighted by molar-refractivity contribution is 5.71. The van der Waals surface area contributed by atoms with Crippen LogP contribution in [0, 0.1) is 10.1 Å². The van der Waals surface area contributed by atoms with Crippen LogP contribution in [0.15, 0.2) is 60.8 Å². The molecule has 0 amide bonds. The number of hydrogen-bond acceptors (Lipinski definition) is 9. The van der Waals surface area contributed by atoms with Crippen molar-refractivity contribution >= 4 is 34.8 Å². The molecule has 0 aliphatic rings. The number of rotatable bonds is 8. The minimum absolute atomic E-state index is 0.0664. The normalized spacial score (nSPS) is 10.1. The first-order valence-electron chi connectivity index (χ1n) is 8.45. The molecule has 1 heterocycles. The second-order valence-electron chi connectivity index (χ2n) is 5.69. The lowest BCUT2D eigenvalue weighted by molar-refractivity contribution is -0.384. The second-order valence-corrected chi connectivity index (χ2v) is 5.69. The molecule has 0 atom stereocenters. The average molecular weight is 395 g/mol. The van der Waals surface area contributed by atoms with Gasteiger partial charge in [0, 0.05) is 11.4 Å². The molecule has 0 aliphatic carbocycles. The molecule has 10 nitrogen and oxygen atoms in total. The van der Waals surface area contributed by atoms with Gasteiger partial charge in [0.15, 0.2) is 6.61 Å². The zero-order chi connectivity index (χ0) is 20.6. The Morgan fingerprint density at radius 3 is 2.41 bits per heavy atom. The van der Waals surface area contributed by atoms with Gasteiger partial charge >= 0.3 is 11.7 Å². The summed E-state index contributed by atoms with van der Waals surface area (Å²) in [6.07, 6.45) is 1.13. The van der Waals surface area contributed by atoms with E-state index in [1.807, 2.05) is 6.07 Å². The number of anilines is 4. The number of hydrogen-bond donors (Lipinski definition) is 2. The topological polar surface area (TPSA) is 129 Å². The van der Waals surface area contributed by atoms with Crippen molar-refractivity contribution in [1.82, 2.24) is 9.97 Å². The smallest absolute Gasteiger partial charge is 0.343 e. The van der Waals surface area contributed by atoms with Crippen LogP contribution in [0.3, 0.4) is 0 Å². The van der Waals surface area contributed by atoms with E-state index in [1.165, 1.54) is 7.11 Å². The first kappa shape index (κ1) is 19.5. The molecule has 0 fully saturated rings. The maximum absolute atomic E-state index is 11.3. The lowest BCUT2D eigenvalue weighted by Crippen LogP contribution is -2.12. The van der Waals surface area contributed by atoms with Crippen molar-refractivity contribution < 1.29 is 19.2 Å². The number of esters is 1. The molecule has 29 heavy (non-hydrogen) atoms. The number of nitrogens with zero attached hydrogens (tertiary/aromatic N) is 3. The van der Waals surface area contributed by atoms with Crippen molar-refractivity contribution in [3.05, 3.63) is 70.9 Å². The average Bonchev–Trinajstić information content (AvgIpc) is 2.73. The number of carbonyl (C=O) groups excluding carboxylic acids is 1. The Hall–Kier alpha value is -4.21. The number of ether oxygens (including phenoxy) is 2. The molecule has 0 saturated carbocycles. The van der Waals surface area contributed by atoms with Crippen LogP contribution in [0.5, 0.6) is 5.75 Å². The first-order valence-corrected chi connectivity index (χ1v) is 8.45. The molecule has 3 rings (SSSR count). The van der Waals surface area contributed by atoms with Gasteiger partial charge in [-0.1, -0.05) is 18.2 Å². The fourth-order valence-corrected chi connectivity index (χ4v) is 2.28. The number of nitrogens with one attached hydrogen (secondary N) is 2. The molecule has 0 radical (unpaired) electrons. The van der Waals surface area contributed by atoms with E-state index in [9.17, 15) is 14.9 Å². The number of nitro groups is 1. The molecule has 0 unspecified atom stereocenters. The summed E-state index contributed by atoms with van der Waals surface area (Å²) in [6, 6.07) is 15.7. The zero-order valence-corrected chi connectivity index (χ0v) is 15.4. The fourth-order valence-electron chi connectivity index (χ4n) is 2.28. The molecular weight excluding hydrogens is 378 g/mol. The van der Waals surface area contributed by atoms with Crippen LogP contribution < -0.4 is 15.4 Å². The molecular formula is C19H17N5O5. The highest BCUT2D eigenvalue weighted by atomic mass is 16.6. The van der Waals surface area contributed by atoms with Crippen LogP contribution in [0.2, 0.25) is 0 Å². The SMILES string of the molecule is COC(=O)COc1ccc(Nc2ncc([N+](=O)[O-])c(Nc3ccccc3)n2)cc1. The first-order chi connectivity index (χ1) is 14.0. The minimum atomic E-state index is -0.553. The second kappa shape index (κ2) is 9.13. The van der Waals surface area contributed by atoms with Gasteiger partial charge in [-0.15, -0.1) is 0 Å². The third-order valence-electron chi connectivity index (χ3n) is 3.70. The van der Waals surface area contributed by atoms with Crippen LogP contribution in [-0.4, -0.2) is 34.6 Å². The molecule has 2 N–H and O–H groups in total. The van der Waals surface area contributed by atoms with E-state index in [0.29, 0.717) is 17.1 Å². The van der Waals surface area contributed by atoms with E-state index in [-0.39, 0.29) is 24.1 Å². The summed E-state index contributed by atoms with van der Waals surface area (Å²) in [5, 5.41) is 17.2. The van der Waals surface area contributed by atoms with E-state index in [4.69, 9.17) is 4.74 Å². The number of methoxy groups -OCH3 is 1. The predicted octanol–water partition coefficient (Wildman–Crippen LogP) is 3.42. The Labute approximate surface area is 165 Å². The number of para-hydroxylation sites is 1. The summed E-state index contributed by atoms with van der Waals surface area (Å²) in [7, 11) is 1.28. The Kier molecular flexibility index (Phi) is 6.15. The molecule has 0 spiro atoms. The number of aromatic nitrogens is 2. The van der Waals surface area contributed by atoms with Crippen molar-refractivity contribution in [2.45, 2.75) is 0 Å². The number of carbonyl (C=O) groups is 1. The molecule has 1 aromatic heterocycles. The third-order valence-corrected chi connectivity index (χ3v) is 3.70. The lowest BCUT2D eigenvalue weighted by atomic mass is 10.3. The summed E-state index contributed by atoms with van der Waals surface area (Å²) in [6.45, 7) is -0.191. The maximum Gasteiger partial charge on any atom is 0.343 e. The fraction of sp³-hybridized carbons (Fsp3) is 0.105. The summed E-state index contributed by atoms with van der Waals surface area (Å²) in [5.74, 6) is 0.246. The minimum Gasteiger partial charge on any atom is -0.482 e. The predicted molar refractivity (Wildman–Crippen MR) is 106 cm³/mol. The highest BCUT2D eigenvalue weighted by Gasteiger charge is 2.17. The summed E-state index contributed by atoms with van der Waals surface area (Å²) >= 11 is 0. The lowest BCUT2D eigenvalue weighted by Gasteiger charge is -2.10. The zero-order valence-electron chi connectivity index (χ0n) is 15.4. The van der Waals surface area contributed by atoms with Crippen molar-refractivity contribution in [2.75, 3.05) is 24.4 Å². The van der Waals surface area contributed by atoms with Crippen LogP contribution in [0.4, 0.5) is 28.8 Å². The molecule has 0 saturated heterocycles. The number of benzene rings is 2. The maximum atomic E-state index is 11.3. The van der Waals surface area contributed by atoms with E-state index < -0.39 is 10.9 Å². The molecule has 0 aliphatic heterocycles. The molecule has 148 valence electrons. The van der Waals surface area contributed by atoms with Gasteiger partial charge in [-0.3, -0.25) is 10.1 Å². The van der Waals surface area contributed by atoms with Gasteiger partial charge in [-0.05, 0) is 36.4 Å². The van der Waals surface area contributed by atoms with Crippen LogP contribution >= 0.6 is 0 Å². The van der Waals surface area contributed by atoms with Gasteiger partial charge in [0.2, 0.25) is 11.8 Å². The van der Waals surface area contributed by atoms with E-state index in [1.54, 1.807) is 48.5 Å². The van der Waals surface area contributed by atoms with Crippen molar-refractivity contribution in [2.24, 2.45) is 0 Å². The molecule has 10 heteroatoms. The van der Waals surface area contributed by atoms with E-state index in [0.717, 1.165) is 6.20 Å². The van der Waals surface area contributed by atoms with Gasteiger partial charge in [-0.25, -0.2) is 9.78 Å². The Balaban J connectivity index is 1.74. The monoisotopic (exact) mass is 395 g/mol. The van der Waals surface area contributed by atoms with E-state index in [2.05, 4.69) is 25.3 Å². The molecule has 2 aromatic carbocycles. The van der Waals surface area contributed by atoms with Crippen LogP contribution in [-0.2, 0) is 9.53 Å². The van der Waals surface area contributed by atoms with Crippen LogP contribution in [0.25, 0.3) is 0 Å². The van der Waals surface area contributed by atoms with Crippen LogP contribution in [0.1, 0.15) is 0 Å². The van der Waals surface area contributed by atoms with Gasteiger partial charge in [0.1, 0.15) is 11.9 Å². The quantitative estimate of drug-likeness (QED) is 0.335. The van der Waals surface area contributed by atoms with Gasteiger partial charge < -0.3 is 20.1 Å². The Morgan fingerprint density at radius 1 is 1.07 bits per heavy atom. The Bertz CT molecular complexity index is 996. The molecule has 3 aromatic rings. The third kappa shape index (κ3) is 5.39. The Morgan fingerprint density at radius 2 is 1.76 bits per heavy atom. The van der Waals surface area contributed by atoms with Gasteiger partial charge in [-0.2, -0.15) is 4.98 Å². The molecule has 0 bridgehead atoms. The highest BCUT2D eigenvalue weighted by Crippen LogP contribution is 2.27. The van der Waals surface area contributed by atoms with E-state index >= 15 is 0 Å². The largest absolute Gasteiger partial charge is 0.482 e.